The Morgan fingerprint density at radius 3 is 2.62 bits per heavy atom. The van der Waals surface area contributed by atoms with Gasteiger partial charge in [-0.1, -0.05) is 23.4 Å². The Bertz CT molecular complexity index is 1110. The van der Waals surface area contributed by atoms with Crippen LogP contribution in [0, 0.1) is 0 Å². The lowest BCUT2D eigenvalue weighted by molar-refractivity contribution is -0.316. The van der Waals surface area contributed by atoms with E-state index < -0.39 is 18.1 Å². The maximum atomic E-state index is 13.6. The fourth-order valence-electron chi connectivity index (χ4n) is 4.34. The smallest absolute Gasteiger partial charge is 0.267 e. The molecule has 2 atom stereocenters. The zero-order valence-electron chi connectivity index (χ0n) is 18.4. The van der Waals surface area contributed by atoms with Crippen LogP contribution in [0.5, 0.6) is 5.75 Å². The van der Waals surface area contributed by atoms with Crippen molar-refractivity contribution in [2.45, 2.75) is 25.2 Å². The number of rotatable bonds is 7. The molecule has 2 aliphatic rings. The zero-order chi connectivity index (χ0) is 24.4. The quantitative estimate of drug-likeness (QED) is 0.488. The summed E-state index contributed by atoms with van der Waals surface area (Å²) in [6.07, 6.45) is 2.42. The number of nitrogens with two attached hydrogens (primary N) is 1. The van der Waals surface area contributed by atoms with E-state index >= 15 is 0 Å². The molecule has 1 aromatic carbocycles. The maximum absolute atomic E-state index is 13.6. The highest BCUT2D eigenvalue weighted by atomic mass is 16.6. The monoisotopic (exact) mass is 466 g/mol. The summed E-state index contributed by atoms with van der Waals surface area (Å²) < 4.78 is 0. The van der Waals surface area contributed by atoms with Crippen molar-refractivity contribution in [1.29, 1.82) is 0 Å². The van der Waals surface area contributed by atoms with Crippen molar-refractivity contribution in [3.63, 3.8) is 0 Å². The van der Waals surface area contributed by atoms with E-state index in [9.17, 15) is 24.7 Å². The van der Waals surface area contributed by atoms with Gasteiger partial charge in [0.25, 0.3) is 5.91 Å². The van der Waals surface area contributed by atoms with Crippen molar-refractivity contribution in [3.05, 3.63) is 72.1 Å². The van der Waals surface area contributed by atoms with Crippen LogP contribution >= 0.6 is 0 Å². The molecule has 1 aromatic heterocycles. The Labute approximate surface area is 196 Å². The number of hydroxylamine groups is 1. The fourth-order valence-corrected chi connectivity index (χ4v) is 4.34. The van der Waals surface area contributed by atoms with Gasteiger partial charge in [0.1, 0.15) is 23.7 Å². The third kappa shape index (κ3) is 4.62. The number of carbonyl (C=O) groups is 3. The average molecular weight is 466 g/mol. The molecule has 0 radical (unpaired) electrons. The largest absolute Gasteiger partial charge is 0.508 e. The lowest BCUT2D eigenvalue weighted by Crippen LogP contribution is -2.74. The Kier molecular flexibility index (Phi) is 6.59. The lowest BCUT2D eigenvalue weighted by Gasteiger charge is -2.53. The van der Waals surface area contributed by atoms with E-state index in [0.29, 0.717) is 5.56 Å². The van der Waals surface area contributed by atoms with Gasteiger partial charge in [-0.3, -0.25) is 24.6 Å². The summed E-state index contributed by atoms with van der Waals surface area (Å²) in [7, 11) is 0. The number of hydrogen-bond donors (Lipinski definition) is 3. The summed E-state index contributed by atoms with van der Waals surface area (Å²) in [6.45, 7) is 4.03. The van der Waals surface area contributed by atoms with Crippen LogP contribution in [0.2, 0.25) is 0 Å². The van der Waals surface area contributed by atoms with Gasteiger partial charge in [0.2, 0.25) is 11.8 Å². The molecule has 3 amide bonds. The molecular weight excluding hydrogens is 440 g/mol. The van der Waals surface area contributed by atoms with Crippen LogP contribution in [0.25, 0.3) is 0 Å². The van der Waals surface area contributed by atoms with Crippen molar-refractivity contribution in [1.82, 2.24) is 25.0 Å². The van der Waals surface area contributed by atoms with Crippen molar-refractivity contribution >= 4 is 17.7 Å². The highest BCUT2D eigenvalue weighted by molar-refractivity contribution is 5.91. The second-order valence-corrected chi connectivity index (χ2v) is 8.26. The van der Waals surface area contributed by atoms with E-state index in [4.69, 9.17) is 5.73 Å². The predicted molar refractivity (Wildman–Crippen MR) is 120 cm³/mol. The number of benzene rings is 1. The highest BCUT2D eigenvalue weighted by Gasteiger charge is 2.49. The fraction of sp³-hybridized carbons (Fsp3) is 0.304. The third-order valence-corrected chi connectivity index (χ3v) is 5.95. The molecule has 4 N–H and O–H groups in total. The van der Waals surface area contributed by atoms with E-state index in [-0.39, 0.29) is 55.9 Å². The number of piperazine rings is 1. The lowest BCUT2D eigenvalue weighted by atomic mass is 9.98. The van der Waals surface area contributed by atoms with Crippen LogP contribution in [-0.4, -0.2) is 84.8 Å². The molecule has 2 aliphatic heterocycles. The van der Waals surface area contributed by atoms with E-state index in [0.717, 1.165) is 10.7 Å². The molecule has 0 unspecified atom stereocenters. The summed E-state index contributed by atoms with van der Waals surface area (Å²) in [5.74, 6) is -1.16. The zero-order valence-corrected chi connectivity index (χ0v) is 18.4. The second-order valence-electron chi connectivity index (χ2n) is 8.26. The number of fused-ring (bicyclic) bond motifs is 1. The topological polar surface area (TPSA) is 144 Å². The summed E-state index contributed by atoms with van der Waals surface area (Å²) in [6, 6.07) is 8.73. The molecule has 4 rings (SSSR count). The first-order valence-corrected chi connectivity index (χ1v) is 10.7. The number of phenols is 1. The molecule has 0 saturated carbocycles. The van der Waals surface area contributed by atoms with Crippen LogP contribution in [-0.2, 0) is 22.6 Å². The van der Waals surface area contributed by atoms with Gasteiger partial charge >= 0.3 is 0 Å². The molecule has 0 bridgehead atoms. The molecule has 2 fully saturated rings. The number of aromatic nitrogens is 1. The minimum absolute atomic E-state index is 0.0506. The van der Waals surface area contributed by atoms with E-state index in [2.05, 4.69) is 11.6 Å². The average Bonchev–Trinajstić information content (AvgIpc) is 2.81. The van der Waals surface area contributed by atoms with Gasteiger partial charge in [0, 0.05) is 25.7 Å². The van der Waals surface area contributed by atoms with Crippen LogP contribution in [0.3, 0.4) is 0 Å². The second kappa shape index (κ2) is 9.59. The van der Waals surface area contributed by atoms with E-state index in [1.54, 1.807) is 29.2 Å². The van der Waals surface area contributed by atoms with E-state index in [1.165, 1.54) is 34.3 Å². The first-order chi connectivity index (χ1) is 16.3. The third-order valence-electron chi connectivity index (χ3n) is 5.95. The molecular formula is C23H26N6O5. The molecule has 2 aromatic rings. The first-order valence-electron chi connectivity index (χ1n) is 10.7. The number of primary amides is 1. The Morgan fingerprint density at radius 2 is 1.94 bits per heavy atom. The molecule has 34 heavy (non-hydrogen) atoms. The Hall–Kier alpha value is -3.80. The molecule has 0 aliphatic carbocycles. The summed E-state index contributed by atoms with van der Waals surface area (Å²) in [5, 5.41) is 22.9. The summed E-state index contributed by atoms with van der Waals surface area (Å²) in [5.41, 5.74) is 6.81. The van der Waals surface area contributed by atoms with Crippen LogP contribution in [0.15, 0.2) is 55.3 Å². The van der Waals surface area contributed by atoms with Crippen LogP contribution in [0.1, 0.15) is 21.6 Å². The van der Waals surface area contributed by atoms with Gasteiger partial charge in [-0.15, -0.1) is 6.58 Å². The number of aromatic hydroxyl groups is 1. The number of hydrazine groups is 1. The van der Waals surface area contributed by atoms with Crippen molar-refractivity contribution in [2.24, 2.45) is 5.73 Å². The van der Waals surface area contributed by atoms with Crippen molar-refractivity contribution in [3.8, 4) is 5.75 Å². The predicted octanol–water partition coefficient (Wildman–Crippen LogP) is 0.102. The standard InChI is InChI=1S/C23H26N6O5/c1-2-9-27-14-21(31)28-19(11-15-3-5-17(30)6-4-15)23(33)26(13-20(28)29(27)34)12-16-7-8-25-18(10-16)22(24)32/h2-8,10,19-20,30,34H,1,9,11-14H2,(H2,24,32)/t19-,20-/m0/s1. The summed E-state index contributed by atoms with van der Waals surface area (Å²) >= 11 is 0. The van der Waals surface area contributed by atoms with Gasteiger partial charge in [0.15, 0.2) is 0 Å². The molecule has 3 heterocycles. The molecule has 0 spiro atoms. The first kappa shape index (κ1) is 23.4. The SMILES string of the molecule is C=CCN1CC(=O)N2[C@@H](Cc3ccc(O)cc3)C(=O)N(Cc3ccnc(C(N)=O)c3)C[C@@H]2N1O. The van der Waals surface area contributed by atoms with Crippen molar-refractivity contribution in [2.75, 3.05) is 19.6 Å². The van der Waals surface area contributed by atoms with E-state index in [1.807, 2.05) is 0 Å². The number of carbonyl (C=O) groups excluding carboxylic acids is 3. The molecule has 11 heteroatoms. The van der Waals surface area contributed by atoms with Gasteiger partial charge in [0.05, 0.1) is 13.1 Å². The van der Waals surface area contributed by atoms with Crippen LogP contribution < -0.4 is 5.73 Å². The molecule has 2 saturated heterocycles. The highest BCUT2D eigenvalue weighted by Crippen LogP contribution is 2.28. The Balaban J connectivity index is 1.66. The number of phenolic OH excluding ortho intramolecular Hbond substituents is 1. The van der Waals surface area contributed by atoms with Gasteiger partial charge in [-0.2, -0.15) is 0 Å². The van der Waals surface area contributed by atoms with Gasteiger partial charge in [-0.25, -0.2) is 5.01 Å². The number of nitrogens with zero attached hydrogens (tertiary/aromatic N) is 5. The number of amides is 3. The summed E-state index contributed by atoms with van der Waals surface area (Å²) in [4.78, 5) is 45.1. The van der Waals surface area contributed by atoms with Crippen molar-refractivity contribution < 1.29 is 24.7 Å². The van der Waals surface area contributed by atoms with Gasteiger partial charge < -0.3 is 20.6 Å². The van der Waals surface area contributed by atoms with Crippen LogP contribution in [0.4, 0.5) is 0 Å². The number of hydrogen-bond acceptors (Lipinski definition) is 8. The maximum Gasteiger partial charge on any atom is 0.267 e. The van der Waals surface area contributed by atoms with Gasteiger partial charge in [-0.05, 0) is 35.4 Å². The Morgan fingerprint density at radius 1 is 1.21 bits per heavy atom. The normalized spacial score (nSPS) is 21.4. The minimum Gasteiger partial charge on any atom is -0.508 e. The minimum atomic E-state index is -0.867. The molecule has 178 valence electrons. The number of pyridine rings is 1. The molecule has 11 nitrogen and oxygen atoms in total.